The third-order valence-electron chi connectivity index (χ3n) is 3.25. The van der Waals surface area contributed by atoms with E-state index in [2.05, 4.69) is 30.3 Å². The van der Waals surface area contributed by atoms with E-state index >= 15 is 0 Å². The normalized spacial score (nSPS) is 19.2. The molecular formula is C13H23N3O. The van der Waals surface area contributed by atoms with Gasteiger partial charge in [0.1, 0.15) is 0 Å². The van der Waals surface area contributed by atoms with Crippen LogP contribution >= 0.6 is 0 Å². The highest BCUT2D eigenvalue weighted by Gasteiger charge is 2.38. The molecular weight excluding hydrogens is 214 g/mol. The van der Waals surface area contributed by atoms with Gasteiger partial charge in [0.2, 0.25) is 0 Å². The monoisotopic (exact) mass is 237 g/mol. The third kappa shape index (κ3) is 3.07. The maximum Gasteiger partial charge on any atom is 0.0820 e. The highest BCUT2D eigenvalue weighted by Crippen LogP contribution is 2.39. The van der Waals surface area contributed by atoms with Gasteiger partial charge in [-0.2, -0.15) is 5.10 Å². The van der Waals surface area contributed by atoms with Crippen LogP contribution in [-0.4, -0.2) is 29.0 Å². The second-order valence-electron chi connectivity index (χ2n) is 4.71. The summed E-state index contributed by atoms with van der Waals surface area (Å²) in [5, 5.41) is 8.03. The van der Waals surface area contributed by atoms with Crippen molar-refractivity contribution in [1.82, 2.24) is 15.1 Å². The van der Waals surface area contributed by atoms with Gasteiger partial charge in [-0.05, 0) is 38.3 Å². The molecule has 1 aliphatic carbocycles. The predicted octanol–water partition coefficient (Wildman–Crippen LogP) is 1.89. The minimum Gasteiger partial charge on any atom is -0.376 e. The van der Waals surface area contributed by atoms with Crippen molar-refractivity contribution >= 4 is 0 Å². The first-order valence-corrected chi connectivity index (χ1v) is 6.60. The molecule has 0 aromatic carbocycles. The smallest absolute Gasteiger partial charge is 0.0820 e. The highest BCUT2D eigenvalue weighted by atomic mass is 16.5. The van der Waals surface area contributed by atoms with Crippen LogP contribution < -0.4 is 5.32 Å². The van der Waals surface area contributed by atoms with E-state index in [1.165, 1.54) is 12.8 Å². The molecule has 0 radical (unpaired) electrons. The van der Waals surface area contributed by atoms with E-state index in [1.807, 2.05) is 17.9 Å². The Kier molecular flexibility index (Phi) is 4.18. The van der Waals surface area contributed by atoms with E-state index in [4.69, 9.17) is 4.74 Å². The molecule has 0 saturated heterocycles. The fraction of sp³-hybridized carbons (Fsp3) is 0.769. The van der Waals surface area contributed by atoms with Crippen molar-refractivity contribution in [2.45, 2.75) is 38.8 Å². The van der Waals surface area contributed by atoms with Gasteiger partial charge in [0.25, 0.3) is 0 Å². The average Bonchev–Trinajstić information content (AvgIpc) is 3.06. The summed E-state index contributed by atoms with van der Waals surface area (Å²) < 4.78 is 7.79. The van der Waals surface area contributed by atoms with E-state index in [1.54, 1.807) is 0 Å². The summed E-state index contributed by atoms with van der Waals surface area (Å²) in [5.41, 5.74) is 1.10. The van der Waals surface area contributed by atoms with E-state index in [-0.39, 0.29) is 12.1 Å². The Morgan fingerprint density at radius 1 is 1.53 bits per heavy atom. The SMILES string of the molecule is CCNC(c1ccn(C)n1)C(OCC)C1CC1. The summed E-state index contributed by atoms with van der Waals surface area (Å²) in [5.74, 6) is 0.709. The Hall–Kier alpha value is -0.870. The Balaban J connectivity index is 2.13. The topological polar surface area (TPSA) is 39.1 Å². The average molecular weight is 237 g/mol. The number of hydrogen-bond acceptors (Lipinski definition) is 3. The van der Waals surface area contributed by atoms with Gasteiger partial charge >= 0.3 is 0 Å². The molecule has 0 aliphatic heterocycles. The molecule has 1 aromatic heterocycles. The van der Waals surface area contributed by atoms with Crippen LogP contribution in [0.1, 0.15) is 38.4 Å². The van der Waals surface area contributed by atoms with Crippen molar-refractivity contribution in [3.8, 4) is 0 Å². The summed E-state index contributed by atoms with van der Waals surface area (Å²) >= 11 is 0. The number of nitrogens with one attached hydrogen (secondary N) is 1. The maximum absolute atomic E-state index is 5.93. The van der Waals surface area contributed by atoms with Crippen LogP contribution in [-0.2, 0) is 11.8 Å². The van der Waals surface area contributed by atoms with Gasteiger partial charge in [0.15, 0.2) is 0 Å². The zero-order chi connectivity index (χ0) is 12.3. The number of likely N-dealkylation sites (N-methyl/N-ethyl adjacent to an activating group) is 1. The fourth-order valence-corrected chi connectivity index (χ4v) is 2.33. The minimum atomic E-state index is 0.230. The van der Waals surface area contributed by atoms with Crippen LogP contribution in [0.2, 0.25) is 0 Å². The first-order valence-electron chi connectivity index (χ1n) is 6.60. The molecule has 0 spiro atoms. The van der Waals surface area contributed by atoms with Crippen LogP contribution in [0.25, 0.3) is 0 Å². The second kappa shape index (κ2) is 5.65. The standard InChI is InChI=1S/C13H23N3O/c1-4-14-12(11-8-9-16(3)15-11)13(17-5-2)10-6-7-10/h8-10,12-14H,4-7H2,1-3H3. The lowest BCUT2D eigenvalue weighted by atomic mass is 10.0. The number of nitrogens with zero attached hydrogens (tertiary/aromatic N) is 2. The summed E-state index contributed by atoms with van der Waals surface area (Å²) in [6, 6.07) is 2.32. The summed E-state index contributed by atoms with van der Waals surface area (Å²) in [6.07, 6.45) is 4.85. The van der Waals surface area contributed by atoms with Gasteiger partial charge in [-0.3, -0.25) is 4.68 Å². The Morgan fingerprint density at radius 2 is 2.29 bits per heavy atom. The molecule has 4 nitrogen and oxygen atoms in total. The predicted molar refractivity (Wildman–Crippen MR) is 67.8 cm³/mol. The van der Waals surface area contributed by atoms with Gasteiger partial charge in [-0.1, -0.05) is 6.92 Å². The quantitative estimate of drug-likeness (QED) is 0.787. The molecule has 17 heavy (non-hydrogen) atoms. The fourth-order valence-electron chi connectivity index (χ4n) is 2.33. The van der Waals surface area contributed by atoms with Crippen LogP contribution in [0, 0.1) is 5.92 Å². The van der Waals surface area contributed by atoms with Crippen LogP contribution in [0.4, 0.5) is 0 Å². The van der Waals surface area contributed by atoms with Crippen molar-refractivity contribution in [1.29, 1.82) is 0 Å². The number of ether oxygens (including phenoxy) is 1. The summed E-state index contributed by atoms with van der Waals surface area (Å²) in [7, 11) is 1.96. The lowest BCUT2D eigenvalue weighted by Crippen LogP contribution is -2.35. The number of aromatic nitrogens is 2. The summed E-state index contributed by atoms with van der Waals surface area (Å²) in [4.78, 5) is 0. The number of hydrogen-bond donors (Lipinski definition) is 1. The Morgan fingerprint density at radius 3 is 2.76 bits per heavy atom. The van der Waals surface area contributed by atoms with Crippen molar-refractivity contribution in [2.75, 3.05) is 13.2 Å². The highest BCUT2D eigenvalue weighted by molar-refractivity contribution is 5.10. The largest absolute Gasteiger partial charge is 0.376 e. The van der Waals surface area contributed by atoms with Gasteiger partial charge < -0.3 is 10.1 Å². The van der Waals surface area contributed by atoms with Gasteiger partial charge in [0.05, 0.1) is 17.8 Å². The van der Waals surface area contributed by atoms with Crippen molar-refractivity contribution in [3.63, 3.8) is 0 Å². The van der Waals surface area contributed by atoms with Gasteiger partial charge in [-0.25, -0.2) is 0 Å². The first kappa shape index (κ1) is 12.6. The van der Waals surface area contributed by atoms with E-state index in [9.17, 15) is 0 Å². The number of aryl methyl sites for hydroxylation is 1. The molecule has 1 heterocycles. The molecule has 1 aromatic rings. The second-order valence-corrected chi connectivity index (χ2v) is 4.71. The zero-order valence-electron chi connectivity index (χ0n) is 11.0. The lowest BCUT2D eigenvalue weighted by Gasteiger charge is -2.26. The molecule has 1 aliphatic rings. The molecule has 2 rings (SSSR count). The molecule has 1 saturated carbocycles. The van der Waals surface area contributed by atoms with Crippen LogP contribution in [0.15, 0.2) is 12.3 Å². The molecule has 0 bridgehead atoms. The van der Waals surface area contributed by atoms with Gasteiger partial charge in [0, 0.05) is 19.9 Å². The molecule has 1 fully saturated rings. The van der Waals surface area contributed by atoms with Crippen molar-refractivity contribution < 1.29 is 4.74 Å². The molecule has 1 N–H and O–H groups in total. The maximum atomic E-state index is 5.93. The van der Waals surface area contributed by atoms with Crippen LogP contribution in [0.5, 0.6) is 0 Å². The number of rotatable bonds is 7. The Labute approximate surface area is 103 Å². The lowest BCUT2D eigenvalue weighted by molar-refractivity contribution is 0.0178. The molecule has 2 unspecified atom stereocenters. The molecule has 96 valence electrons. The summed E-state index contributed by atoms with van der Waals surface area (Å²) in [6.45, 7) is 5.91. The van der Waals surface area contributed by atoms with Gasteiger partial charge in [-0.15, -0.1) is 0 Å². The third-order valence-corrected chi connectivity index (χ3v) is 3.25. The minimum absolute atomic E-state index is 0.230. The molecule has 2 atom stereocenters. The van der Waals surface area contributed by atoms with Crippen molar-refractivity contribution in [3.05, 3.63) is 18.0 Å². The molecule has 0 amide bonds. The van der Waals surface area contributed by atoms with E-state index in [0.29, 0.717) is 5.92 Å². The van der Waals surface area contributed by atoms with E-state index in [0.717, 1.165) is 18.8 Å². The Bertz CT molecular complexity index is 346. The van der Waals surface area contributed by atoms with E-state index < -0.39 is 0 Å². The first-order chi connectivity index (χ1) is 8.26. The van der Waals surface area contributed by atoms with Crippen molar-refractivity contribution in [2.24, 2.45) is 13.0 Å². The molecule has 4 heteroatoms. The van der Waals surface area contributed by atoms with Crippen LogP contribution in [0.3, 0.4) is 0 Å². The zero-order valence-corrected chi connectivity index (χ0v) is 11.0.